The highest BCUT2D eigenvalue weighted by Crippen LogP contribution is 2.48. The van der Waals surface area contributed by atoms with Crippen molar-refractivity contribution in [3.05, 3.63) is 180 Å². The summed E-state index contributed by atoms with van der Waals surface area (Å²) in [6.45, 7) is 0. The lowest BCUT2D eigenvalue weighted by molar-refractivity contribution is 1.24. The highest BCUT2D eigenvalue weighted by molar-refractivity contribution is 9.10. The average molecular weight is 642 g/mol. The van der Waals surface area contributed by atoms with Crippen LogP contribution in [0.5, 0.6) is 0 Å². The van der Waals surface area contributed by atoms with E-state index in [4.69, 9.17) is 0 Å². The molecular weight excluding hydrogens is 612 g/mol. The second-order valence-electron chi connectivity index (χ2n) is 11.2. The summed E-state index contributed by atoms with van der Waals surface area (Å²) in [5.74, 6) is 0. The first-order valence-corrected chi connectivity index (χ1v) is 15.9. The second-order valence-corrected chi connectivity index (χ2v) is 12.0. The van der Waals surface area contributed by atoms with Gasteiger partial charge in [-0.05, 0) is 97.5 Å². The Hall–Kier alpha value is -5.38. The van der Waals surface area contributed by atoms with E-state index in [0.717, 1.165) is 38.6 Å². The zero-order chi connectivity index (χ0) is 30.2. The predicted molar refractivity (Wildman–Crippen MR) is 196 cm³/mol. The van der Waals surface area contributed by atoms with Gasteiger partial charge in [0.1, 0.15) is 0 Å². The van der Waals surface area contributed by atoms with Crippen LogP contribution in [0.4, 0.5) is 34.1 Å². The number of anilines is 6. The molecule has 0 aromatic heterocycles. The summed E-state index contributed by atoms with van der Waals surface area (Å²) in [6.07, 6.45) is 0. The topological polar surface area (TPSA) is 6.48 Å². The first kappa shape index (κ1) is 27.2. The maximum atomic E-state index is 4.15. The smallest absolute Gasteiger partial charge is 0.0656 e. The van der Waals surface area contributed by atoms with Gasteiger partial charge in [-0.3, -0.25) is 0 Å². The molecule has 8 rings (SSSR count). The van der Waals surface area contributed by atoms with E-state index in [1.807, 2.05) is 0 Å². The fourth-order valence-corrected chi connectivity index (χ4v) is 6.92. The van der Waals surface area contributed by atoms with Gasteiger partial charge < -0.3 is 9.80 Å². The third-order valence-electron chi connectivity index (χ3n) is 8.44. The van der Waals surface area contributed by atoms with Crippen molar-refractivity contribution in [1.82, 2.24) is 0 Å². The SMILES string of the molecule is Brc1c(N(c2ccccc2)c2ccc3ccccc3c2)cccc1N(c1ccc2ccccc2c1)c1cccc2ccccc12. The third kappa shape index (κ3) is 5.02. The molecule has 8 aromatic rings. The lowest BCUT2D eigenvalue weighted by Gasteiger charge is -2.32. The molecule has 0 spiro atoms. The molecule has 214 valence electrons. The molecule has 45 heavy (non-hydrogen) atoms. The van der Waals surface area contributed by atoms with E-state index in [1.54, 1.807) is 0 Å². The van der Waals surface area contributed by atoms with Crippen LogP contribution in [-0.4, -0.2) is 0 Å². The normalized spacial score (nSPS) is 11.2. The Labute approximate surface area is 271 Å². The number of nitrogens with zero attached hydrogens (tertiary/aromatic N) is 2. The first-order valence-electron chi connectivity index (χ1n) is 15.1. The molecule has 0 N–H and O–H groups in total. The highest BCUT2D eigenvalue weighted by Gasteiger charge is 2.23. The molecule has 0 aliphatic heterocycles. The molecule has 0 radical (unpaired) electrons. The van der Waals surface area contributed by atoms with Crippen molar-refractivity contribution in [3.63, 3.8) is 0 Å². The summed E-state index contributed by atoms with van der Waals surface area (Å²) in [5.41, 5.74) is 6.52. The number of hydrogen-bond donors (Lipinski definition) is 0. The molecule has 0 unspecified atom stereocenters. The molecule has 0 aliphatic carbocycles. The highest BCUT2D eigenvalue weighted by atomic mass is 79.9. The monoisotopic (exact) mass is 640 g/mol. The molecule has 0 heterocycles. The quantitative estimate of drug-likeness (QED) is 0.178. The van der Waals surface area contributed by atoms with Crippen LogP contribution in [0.25, 0.3) is 32.3 Å². The summed E-state index contributed by atoms with van der Waals surface area (Å²) in [6, 6.07) is 62.8. The zero-order valence-electron chi connectivity index (χ0n) is 24.5. The number of halogens is 1. The van der Waals surface area contributed by atoms with Crippen LogP contribution in [0.15, 0.2) is 180 Å². The number of hydrogen-bond acceptors (Lipinski definition) is 2. The molecule has 0 fully saturated rings. The summed E-state index contributed by atoms with van der Waals surface area (Å²) in [5, 5.41) is 7.25. The summed E-state index contributed by atoms with van der Waals surface area (Å²) in [4.78, 5) is 4.72. The lowest BCUT2D eigenvalue weighted by atomic mass is 10.0. The van der Waals surface area contributed by atoms with Crippen LogP contribution in [0, 0.1) is 0 Å². The lowest BCUT2D eigenvalue weighted by Crippen LogP contribution is -2.14. The van der Waals surface area contributed by atoms with E-state index in [-0.39, 0.29) is 0 Å². The summed E-state index contributed by atoms with van der Waals surface area (Å²) in [7, 11) is 0. The Morgan fingerprint density at radius 1 is 0.311 bits per heavy atom. The summed E-state index contributed by atoms with van der Waals surface area (Å²) < 4.78 is 1.00. The van der Waals surface area contributed by atoms with Crippen molar-refractivity contribution in [3.8, 4) is 0 Å². The van der Waals surface area contributed by atoms with Gasteiger partial charge in [-0.15, -0.1) is 0 Å². The predicted octanol–water partition coefficient (Wildman–Crippen LogP) is 12.8. The van der Waals surface area contributed by atoms with Crippen molar-refractivity contribution in [2.24, 2.45) is 0 Å². The fraction of sp³-hybridized carbons (Fsp3) is 0. The third-order valence-corrected chi connectivity index (χ3v) is 9.26. The molecule has 0 amide bonds. The van der Waals surface area contributed by atoms with Gasteiger partial charge >= 0.3 is 0 Å². The number of rotatable bonds is 6. The number of fused-ring (bicyclic) bond motifs is 3. The maximum absolute atomic E-state index is 4.15. The minimum absolute atomic E-state index is 1.00. The van der Waals surface area contributed by atoms with Gasteiger partial charge in [0.15, 0.2) is 0 Å². The van der Waals surface area contributed by atoms with Gasteiger partial charge in [-0.25, -0.2) is 0 Å². The molecule has 0 saturated heterocycles. The molecular formula is C42H29BrN2. The Morgan fingerprint density at radius 2 is 0.778 bits per heavy atom. The van der Waals surface area contributed by atoms with E-state index in [0.29, 0.717) is 0 Å². The number of para-hydroxylation sites is 1. The Morgan fingerprint density at radius 3 is 1.44 bits per heavy atom. The average Bonchev–Trinajstić information content (AvgIpc) is 3.10. The molecule has 0 atom stereocenters. The van der Waals surface area contributed by atoms with Crippen LogP contribution in [0.1, 0.15) is 0 Å². The van der Waals surface area contributed by atoms with Gasteiger partial charge in [0.25, 0.3) is 0 Å². The minimum Gasteiger partial charge on any atom is -0.309 e. The second kappa shape index (κ2) is 11.6. The Bertz CT molecular complexity index is 2310. The van der Waals surface area contributed by atoms with Gasteiger partial charge in [0.05, 0.1) is 21.5 Å². The Kier molecular flexibility index (Phi) is 7.01. The van der Waals surface area contributed by atoms with Crippen LogP contribution in [0.2, 0.25) is 0 Å². The van der Waals surface area contributed by atoms with Crippen molar-refractivity contribution in [2.75, 3.05) is 9.80 Å². The molecule has 2 nitrogen and oxygen atoms in total. The van der Waals surface area contributed by atoms with Gasteiger partial charge in [0, 0.05) is 22.4 Å². The number of benzene rings is 8. The van der Waals surface area contributed by atoms with Crippen LogP contribution in [-0.2, 0) is 0 Å². The van der Waals surface area contributed by atoms with Gasteiger partial charge in [-0.1, -0.05) is 121 Å². The van der Waals surface area contributed by atoms with E-state index in [2.05, 4.69) is 202 Å². The van der Waals surface area contributed by atoms with E-state index in [1.165, 1.54) is 32.3 Å². The summed E-state index contributed by atoms with van der Waals surface area (Å²) >= 11 is 4.15. The van der Waals surface area contributed by atoms with Crippen molar-refractivity contribution < 1.29 is 0 Å². The molecule has 0 aliphatic rings. The van der Waals surface area contributed by atoms with Crippen LogP contribution in [0.3, 0.4) is 0 Å². The Balaban J connectivity index is 1.37. The van der Waals surface area contributed by atoms with Crippen LogP contribution < -0.4 is 9.80 Å². The van der Waals surface area contributed by atoms with Crippen LogP contribution >= 0.6 is 15.9 Å². The van der Waals surface area contributed by atoms with E-state index >= 15 is 0 Å². The maximum Gasteiger partial charge on any atom is 0.0656 e. The largest absolute Gasteiger partial charge is 0.309 e. The van der Waals surface area contributed by atoms with E-state index in [9.17, 15) is 0 Å². The van der Waals surface area contributed by atoms with Gasteiger partial charge in [-0.2, -0.15) is 0 Å². The van der Waals surface area contributed by atoms with Crippen molar-refractivity contribution >= 4 is 82.4 Å². The molecule has 0 bridgehead atoms. The molecule has 8 aromatic carbocycles. The first-order chi connectivity index (χ1) is 22.2. The standard InChI is InChI=1S/C42H29BrN2/c43-42-40(44(35-18-2-1-3-19-35)36-26-24-30-12-4-6-15-33(30)28-36)22-11-23-41(42)45(37-27-25-31-13-5-7-16-34(31)29-37)39-21-10-17-32-14-8-9-20-38(32)39/h1-29H. The zero-order valence-corrected chi connectivity index (χ0v) is 26.1. The van der Waals surface area contributed by atoms with Gasteiger partial charge in [0.2, 0.25) is 0 Å². The van der Waals surface area contributed by atoms with E-state index < -0.39 is 0 Å². The fourth-order valence-electron chi connectivity index (χ4n) is 6.30. The van der Waals surface area contributed by atoms with Crippen molar-refractivity contribution in [2.45, 2.75) is 0 Å². The van der Waals surface area contributed by atoms with Crippen molar-refractivity contribution in [1.29, 1.82) is 0 Å². The molecule has 0 saturated carbocycles. The molecule has 3 heteroatoms. The minimum atomic E-state index is 1.00.